The van der Waals surface area contributed by atoms with Gasteiger partial charge in [0.15, 0.2) is 0 Å². The molecule has 6 nitrogen and oxygen atoms in total. The zero-order valence-corrected chi connectivity index (χ0v) is 13.8. The topological polar surface area (TPSA) is 86.5 Å². The zero-order chi connectivity index (χ0) is 17.2. The number of benzene rings is 2. The van der Waals surface area contributed by atoms with E-state index in [2.05, 4.69) is 0 Å². The Morgan fingerprint density at radius 3 is 2.39 bits per heavy atom. The van der Waals surface area contributed by atoms with Crippen LogP contribution in [0.15, 0.2) is 47.4 Å². The van der Waals surface area contributed by atoms with E-state index in [1.165, 1.54) is 12.1 Å². The molecule has 0 amide bonds. The van der Waals surface area contributed by atoms with Gasteiger partial charge in [-0.3, -0.25) is 10.1 Å². The standard InChI is InChI=1S/C16H17NO5S/c1-11(2)14-6-4-5-7-16(14)22-23(20,21)13-9-8-12(3)15(10-13)17(18)19/h4-11H,1-3H3. The molecule has 0 atom stereocenters. The van der Waals surface area contributed by atoms with Crippen molar-refractivity contribution in [2.75, 3.05) is 0 Å². The van der Waals surface area contributed by atoms with Crippen LogP contribution in [-0.2, 0) is 10.1 Å². The van der Waals surface area contributed by atoms with Crippen LogP contribution in [0.1, 0.15) is 30.9 Å². The number of para-hydroxylation sites is 1. The van der Waals surface area contributed by atoms with Crippen molar-refractivity contribution in [2.45, 2.75) is 31.6 Å². The number of nitrogens with zero attached hydrogens (tertiary/aromatic N) is 1. The number of nitro groups is 1. The van der Waals surface area contributed by atoms with Crippen LogP contribution >= 0.6 is 0 Å². The third kappa shape index (κ3) is 3.68. The molecule has 0 aromatic heterocycles. The van der Waals surface area contributed by atoms with Crippen molar-refractivity contribution >= 4 is 15.8 Å². The minimum atomic E-state index is -4.15. The molecule has 2 aromatic carbocycles. The van der Waals surface area contributed by atoms with Crippen molar-refractivity contribution in [1.82, 2.24) is 0 Å². The number of nitro benzene ring substituents is 1. The second-order valence-electron chi connectivity index (χ2n) is 5.44. The van der Waals surface area contributed by atoms with Gasteiger partial charge in [0.25, 0.3) is 5.69 Å². The van der Waals surface area contributed by atoms with Gasteiger partial charge < -0.3 is 4.18 Å². The summed E-state index contributed by atoms with van der Waals surface area (Å²) in [6, 6.07) is 10.5. The summed E-state index contributed by atoms with van der Waals surface area (Å²) >= 11 is 0. The predicted molar refractivity (Wildman–Crippen MR) is 86.2 cm³/mol. The Morgan fingerprint density at radius 1 is 1.13 bits per heavy atom. The lowest BCUT2D eigenvalue weighted by Gasteiger charge is -2.13. The van der Waals surface area contributed by atoms with Crippen LogP contribution in [-0.4, -0.2) is 13.3 Å². The van der Waals surface area contributed by atoms with Crippen LogP contribution in [0.3, 0.4) is 0 Å². The SMILES string of the molecule is Cc1ccc(S(=O)(=O)Oc2ccccc2C(C)C)cc1[N+](=O)[O-]. The third-order valence-corrected chi connectivity index (χ3v) is 4.64. The van der Waals surface area contributed by atoms with Crippen molar-refractivity contribution in [3.63, 3.8) is 0 Å². The Bertz CT molecular complexity index is 843. The number of hydrogen-bond donors (Lipinski definition) is 0. The van der Waals surface area contributed by atoms with Crippen molar-refractivity contribution in [3.8, 4) is 5.75 Å². The van der Waals surface area contributed by atoms with E-state index >= 15 is 0 Å². The lowest BCUT2D eigenvalue weighted by molar-refractivity contribution is -0.385. The maximum absolute atomic E-state index is 12.4. The Kier molecular flexibility index (Phi) is 4.70. The van der Waals surface area contributed by atoms with Crippen molar-refractivity contribution in [3.05, 3.63) is 63.7 Å². The highest BCUT2D eigenvalue weighted by Crippen LogP contribution is 2.30. The van der Waals surface area contributed by atoms with E-state index in [1.54, 1.807) is 31.2 Å². The molecule has 0 fully saturated rings. The number of aryl methyl sites for hydroxylation is 1. The first kappa shape index (κ1) is 17.0. The van der Waals surface area contributed by atoms with Crippen LogP contribution in [0.2, 0.25) is 0 Å². The molecule has 0 saturated heterocycles. The normalized spacial score (nSPS) is 11.5. The first-order valence-corrected chi connectivity index (χ1v) is 8.41. The van der Waals surface area contributed by atoms with Crippen molar-refractivity contribution in [1.29, 1.82) is 0 Å². The van der Waals surface area contributed by atoms with Gasteiger partial charge in [-0.1, -0.05) is 38.1 Å². The molecule has 2 rings (SSSR count). The number of rotatable bonds is 5. The fourth-order valence-corrected chi connectivity index (χ4v) is 3.12. The maximum atomic E-state index is 12.4. The van der Waals surface area contributed by atoms with Gasteiger partial charge in [-0.25, -0.2) is 0 Å². The summed E-state index contributed by atoms with van der Waals surface area (Å²) in [5.74, 6) is 0.305. The molecule has 7 heteroatoms. The molecule has 122 valence electrons. The average Bonchev–Trinajstić information content (AvgIpc) is 2.47. The van der Waals surface area contributed by atoms with Crippen LogP contribution in [0.4, 0.5) is 5.69 Å². The summed E-state index contributed by atoms with van der Waals surface area (Å²) in [5.41, 5.74) is 0.876. The van der Waals surface area contributed by atoms with Gasteiger partial charge in [0.1, 0.15) is 10.6 Å². The quantitative estimate of drug-likeness (QED) is 0.471. The number of hydrogen-bond acceptors (Lipinski definition) is 5. The Hall–Kier alpha value is -2.41. The minimum Gasteiger partial charge on any atom is -0.379 e. The van der Waals surface area contributed by atoms with Crippen LogP contribution in [0.25, 0.3) is 0 Å². The molecule has 2 aromatic rings. The van der Waals surface area contributed by atoms with E-state index in [4.69, 9.17) is 4.18 Å². The Morgan fingerprint density at radius 2 is 1.78 bits per heavy atom. The third-order valence-electron chi connectivity index (χ3n) is 3.41. The first-order chi connectivity index (χ1) is 10.7. The first-order valence-electron chi connectivity index (χ1n) is 7.01. The largest absolute Gasteiger partial charge is 0.379 e. The fraction of sp³-hybridized carbons (Fsp3) is 0.250. The molecule has 0 radical (unpaired) electrons. The summed E-state index contributed by atoms with van der Waals surface area (Å²) < 4.78 is 30.0. The maximum Gasteiger partial charge on any atom is 0.339 e. The molecule has 0 aliphatic rings. The van der Waals surface area contributed by atoms with Crippen LogP contribution < -0.4 is 4.18 Å². The zero-order valence-electron chi connectivity index (χ0n) is 13.0. The van der Waals surface area contributed by atoms with Crippen LogP contribution in [0.5, 0.6) is 5.75 Å². The molecular weight excluding hydrogens is 318 g/mol. The highest BCUT2D eigenvalue weighted by Gasteiger charge is 2.23. The van der Waals surface area contributed by atoms with Gasteiger partial charge in [-0.15, -0.1) is 0 Å². The highest BCUT2D eigenvalue weighted by atomic mass is 32.2. The molecule has 0 N–H and O–H groups in total. The molecule has 0 unspecified atom stereocenters. The highest BCUT2D eigenvalue weighted by molar-refractivity contribution is 7.87. The van der Waals surface area contributed by atoms with E-state index in [-0.39, 0.29) is 22.3 Å². The van der Waals surface area contributed by atoms with Crippen LogP contribution in [0, 0.1) is 17.0 Å². The molecule has 0 heterocycles. The molecule has 23 heavy (non-hydrogen) atoms. The van der Waals surface area contributed by atoms with E-state index < -0.39 is 15.0 Å². The lowest BCUT2D eigenvalue weighted by Crippen LogP contribution is -2.12. The second-order valence-corrected chi connectivity index (χ2v) is 6.98. The molecular formula is C16H17NO5S. The molecule has 0 aliphatic heterocycles. The van der Waals surface area contributed by atoms with Gasteiger partial charge >= 0.3 is 10.1 Å². The summed E-state index contributed by atoms with van der Waals surface area (Å²) in [5, 5.41) is 11.0. The summed E-state index contributed by atoms with van der Waals surface area (Å²) in [6.45, 7) is 5.39. The molecule has 0 saturated carbocycles. The summed E-state index contributed by atoms with van der Waals surface area (Å²) in [7, 11) is -4.15. The van der Waals surface area contributed by atoms with Gasteiger partial charge in [-0.2, -0.15) is 8.42 Å². The molecule has 0 bridgehead atoms. The predicted octanol–water partition coefficient (Wildman–Crippen LogP) is 3.79. The Balaban J connectivity index is 2.45. The fourth-order valence-electron chi connectivity index (χ4n) is 2.14. The van der Waals surface area contributed by atoms with Gasteiger partial charge in [0, 0.05) is 11.6 Å². The monoisotopic (exact) mass is 335 g/mol. The van der Waals surface area contributed by atoms with E-state index in [0.29, 0.717) is 5.56 Å². The smallest absolute Gasteiger partial charge is 0.339 e. The van der Waals surface area contributed by atoms with Crippen molar-refractivity contribution < 1.29 is 17.5 Å². The summed E-state index contributed by atoms with van der Waals surface area (Å²) in [6.07, 6.45) is 0. The average molecular weight is 335 g/mol. The minimum absolute atomic E-state index is 0.0775. The van der Waals surface area contributed by atoms with Gasteiger partial charge in [-0.05, 0) is 30.5 Å². The van der Waals surface area contributed by atoms with Gasteiger partial charge in [0.2, 0.25) is 0 Å². The summed E-state index contributed by atoms with van der Waals surface area (Å²) in [4.78, 5) is 10.1. The molecule has 0 aliphatic carbocycles. The lowest BCUT2D eigenvalue weighted by atomic mass is 10.0. The van der Waals surface area contributed by atoms with Gasteiger partial charge in [0.05, 0.1) is 4.92 Å². The van der Waals surface area contributed by atoms with Crippen molar-refractivity contribution in [2.24, 2.45) is 0 Å². The Labute approximate surface area is 135 Å². The van der Waals surface area contributed by atoms with E-state index in [1.807, 2.05) is 13.8 Å². The van der Waals surface area contributed by atoms with E-state index in [0.717, 1.165) is 11.6 Å². The van der Waals surface area contributed by atoms with E-state index in [9.17, 15) is 18.5 Å². The second kappa shape index (κ2) is 6.37. The molecule has 0 spiro atoms.